The summed E-state index contributed by atoms with van der Waals surface area (Å²) in [6.45, 7) is 2.00. The van der Waals surface area contributed by atoms with Crippen LogP contribution in [-0.4, -0.2) is 46.2 Å². The van der Waals surface area contributed by atoms with Crippen molar-refractivity contribution in [2.45, 2.75) is 44.2 Å². The van der Waals surface area contributed by atoms with Crippen molar-refractivity contribution in [3.63, 3.8) is 0 Å². The van der Waals surface area contributed by atoms with E-state index in [1.807, 2.05) is 31.3 Å². The average Bonchev–Trinajstić information content (AvgIpc) is 3.54. The number of benzene rings is 1. The lowest BCUT2D eigenvalue weighted by molar-refractivity contribution is -0.127. The predicted molar refractivity (Wildman–Crippen MR) is 130 cm³/mol. The molecule has 5 rings (SSSR count). The molecule has 2 saturated carbocycles. The minimum absolute atomic E-state index is 0.0917. The lowest BCUT2D eigenvalue weighted by atomic mass is 9.73. The molecule has 0 bridgehead atoms. The first-order valence-electron chi connectivity index (χ1n) is 11.5. The van der Waals surface area contributed by atoms with Gasteiger partial charge in [-0.25, -0.2) is 10.0 Å². The van der Waals surface area contributed by atoms with Gasteiger partial charge in [0, 0.05) is 30.4 Å². The molecule has 0 unspecified atom stereocenters. The maximum absolute atomic E-state index is 12.4. The summed E-state index contributed by atoms with van der Waals surface area (Å²) in [5.41, 5.74) is 10.0. The number of hydrogen-bond acceptors (Lipinski definition) is 9. The molecule has 3 aromatic rings. The van der Waals surface area contributed by atoms with Crippen molar-refractivity contribution in [2.75, 3.05) is 24.8 Å². The fourth-order valence-corrected chi connectivity index (χ4v) is 4.75. The van der Waals surface area contributed by atoms with Gasteiger partial charge in [0.05, 0.1) is 18.9 Å². The van der Waals surface area contributed by atoms with Crippen LogP contribution in [-0.2, 0) is 4.79 Å². The number of methoxy groups -OCH3 is 1. The smallest absolute Gasteiger partial charge is 0.244 e. The van der Waals surface area contributed by atoms with E-state index in [1.54, 1.807) is 24.7 Å². The molecule has 2 aromatic heterocycles. The van der Waals surface area contributed by atoms with Gasteiger partial charge in [0.15, 0.2) is 0 Å². The number of nitrogens with one attached hydrogen (secondary N) is 4. The normalized spacial score (nSPS) is 21.9. The molecule has 11 nitrogen and oxygen atoms in total. The van der Waals surface area contributed by atoms with E-state index < -0.39 is 5.41 Å². The van der Waals surface area contributed by atoms with Crippen LogP contribution in [0.4, 0.5) is 17.3 Å². The van der Waals surface area contributed by atoms with Crippen molar-refractivity contribution in [3.05, 3.63) is 30.5 Å². The van der Waals surface area contributed by atoms with E-state index in [0.29, 0.717) is 43.2 Å². The molecule has 11 heteroatoms. The number of carbonyl (C=O) groups excluding carboxylic acids is 1. The summed E-state index contributed by atoms with van der Waals surface area (Å²) in [5, 5.41) is 26.9. The van der Waals surface area contributed by atoms with Gasteiger partial charge >= 0.3 is 0 Å². The lowest BCUT2D eigenvalue weighted by Gasteiger charge is -2.46. The highest BCUT2D eigenvalue weighted by atomic mass is 16.5. The summed E-state index contributed by atoms with van der Waals surface area (Å²) in [4.78, 5) is 17.0. The summed E-state index contributed by atoms with van der Waals surface area (Å²) >= 11 is 0. The monoisotopic (exact) mass is 473 g/mol. The molecule has 2 aliphatic rings. The summed E-state index contributed by atoms with van der Waals surface area (Å²) in [7, 11) is 3.36. The zero-order valence-electron chi connectivity index (χ0n) is 19.8. The van der Waals surface area contributed by atoms with Gasteiger partial charge in [0.25, 0.3) is 0 Å². The van der Waals surface area contributed by atoms with Crippen molar-refractivity contribution in [1.82, 2.24) is 19.9 Å². The topological polar surface area (TPSA) is 153 Å². The first-order chi connectivity index (χ1) is 16.8. The van der Waals surface area contributed by atoms with Gasteiger partial charge in [-0.1, -0.05) is 6.07 Å². The first-order valence-corrected chi connectivity index (χ1v) is 11.5. The van der Waals surface area contributed by atoms with Crippen molar-refractivity contribution < 1.29 is 9.53 Å². The van der Waals surface area contributed by atoms with Crippen LogP contribution < -0.4 is 20.7 Å². The van der Waals surface area contributed by atoms with E-state index >= 15 is 0 Å². The average molecular weight is 474 g/mol. The van der Waals surface area contributed by atoms with E-state index in [0.717, 1.165) is 22.3 Å². The van der Waals surface area contributed by atoms with Crippen LogP contribution in [0.5, 0.6) is 5.88 Å². The molecule has 0 spiro atoms. The van der Waals surface area contributed by atoms with E-state index in [-0.39, 0.29) is 17.5 Å². The molecule has 0 radical (unpaired) electrons. The standard InChI is InChI=1S/C24H27N9O2/c1-23(30-21(34)24(13-25)7-8-24)11-15(12-23)28-22-29-20(35-3)19-16(6-9-33(19)32-22)14-4-5-17(31-26)18(10-14)27-2/h4-6,9-10,15,26-27H,7-8,11-12H2,1-3H3,(H,28,32)(H,30,34). The van der Waals surface area contributed by atoms with Gasteiger partial charge in [0.2, 0.25) is 17.7 Å². The third-order valence-corrected chi connectivity index (χ3v) is 6.91. The quantitative estimate of drug-likeness (QED) is 0.362. The van der Waals surface area contributed by atoms with Crippen LogP contribution in [0.15, 0.2) is 35.6 Å². The number of hydrogen-bond donors (Lipinski definition) is 4. The Hall–Kier alpha value is -4.20. The number of nitriles is 1. The van der Waals surface area contributed by atoms with Crippen molar-refractivity contribution in [3.8, 4) is 23.1 Å². The van der Waals surface area contributed by atoms with Crippen molar-refractivity contribution >= 4 is 28.7 Å². The highest BCUT2D eigenvalue weighted by Gasteiger charge is 2.53. The highest BCUT2D eigenvalue weighted by Crippen LogP contribution is 2.46. The molecule has 4 N–H and O–H groups in total. The van der Waals surface area contributed by atoms with Crippen molar-refractivity contribution in [1.29, 1.82) is 10.8 Å². The van der Waals surface area contributed by atoms with E-state index in [1.165, 1.54) is 0 Å². The van der Waals surface area contributed by atoms with Crippen LogP contribution in [0, 0.1) is 22.3 Å². The predicted octanol–water partition coefficient (Wildman–Crippen LogP) is 3.86. The molecule has 0 atom stereocenters. The molecule has 1 aromatic carbocycles. The summed E-state index contributed by atoms with van der Waals surface area (Å²) in [6, 6.07) is 9.80. The van der Waals surface area contributed by atoms with Gasteiger partial charge in [-0.15, -0.1) is 5.10 Å². The Labute approximate surface area is 202 Å². The third kappa shape index (κ3) is 3.90. The lowest BCUT2D eigenvalue weighted by Crippen LogP contribution is -2.60. The minimum Gasteiger partial charge on any atom is -0.479 e. The summed E-state index contributed by atoms with van der Waals surface area (Å²) in [6.07, 6.45) is 4.55. The molecule has 2 heterocycles. The van der Waals surface area contributed by atoms with E-state index in [2.05, 4.69) is 37.2 Å². The number of nitrogens with zero attached hydrogens (tertiary/aromatic N) is 5. The van der Waals surface area contributed by atoms with Gasteiger partial charge in [-0.05, 0) is 56.4 Å². The van der Waals surface area contributed by atoms with Crippen LogP contribution >= 0.6 is 0 Å². The Morgan fingerprint density at radius 3 is 2.74 bits per heavy atom. The van der Waals surface area contributed by atoms with Gasteiger partial charge in [-0.3, -0.25) is 4.79 Å². The minimum atomic E-state index is -0.820. The van der Waals surface area contributed by atoms with Crippen LogP contribution in [0.1, 0.15) is 32.6 Å². The molecule has 0 aliphatic heterocycles. The fraction of sp³-hybridized carbons (Fsp3) is 0.417. The van der Waals surface area contributed by atoms with Crippen LogP contribution in [0.3, 0.4) is 0 Å². The van der Waals surface area contributed by atoms with Gasteiger partial charge in [0.1, 0.15) is 16.6 Å². The second-order valence-corrected chi connectivity index (χ2v) is 9.52. The number of amides is 1. The number of anilines is 2. The number of ether oxygens (including phenoxy) is 1. The van der Waals surface area contributed by atoms with E-state index in [9.17, 15) is 10.1 Å². The molecule has 0 saturated heterocycles. The van der Waals surface area contributed by atoms with Crippen LogP contribution in [0.2, 0.25) is 0 Å². The molecule has 1 amide bonds. The van der Waals surface area contributed by atoms with E-state index in [4.69, 9.17) is 10.3 Å². The SMILES string of the molecule is CNc1cc(-c2ccn3nc(NC4CC(C)(NC(=O)C5(C#N)CC5)C4)nc(OC)c23)ccc1N=N. The molecular weight excluding hydrogens is 446 g/mol. The highest BCUT2D eigenvalue weighted by molar-refractivity contribution is 5.89. The van der Waals surface area contributed by atoms with Gasteiger partial charge < -0.3 is 20.7 Å². The molecule has 180 valence electrons. The maximum atomic E-state index is 12.4. The Morgan fingerprint density at radius 1 is 1.34 bits per heavy atom. The Kier molecular flexibility index (Phi) is 5.31. The second-order valence-electron chi connectivity index (χ2n) is 9.52. The zero-order chi connectivity index (χ0) is 24.8. The van der Waals surface area contributed by atoms with Crippen LogP contribution in [0.25, 0.3) is 16.6 Å². The number of aromatic nitrogens is 3. The Morgan fingerprint density at radius 2 is 2.11 bits per heavy atom. The fourth-order valence-electron chi connectivity index (χ4n) is 4.75. The molecule has 2 aliphatic carbocycles. The third-order valence-electron chi connectivity index (χ3n) is 6.91. The summed E-state index contributed by atoms with van der Waals surface area (Å²) in [5.74, 6) is 0.707. The first kappa shape index (κ1) is 22.6. The Balaban J connectivity index is 1.34. The zero-order valence-corrected chi connectivity index (χ0v) is 19.8. The second kappa shape index (κ2) is 8.23. The molecular formula is C24H27N9O2. The summed E-state index contributed by atoms with van der Waals surface area (Å²) < 4.78 is 7.34. The Bertz CT molecular complexity index is 1360. The largest absolute Gasteiger partial charge is 0.479 e. The number of rotatable bonds is 8. The molecule has 35 heavy (non-hydrogen) atoms. The maximum Gasteiger partial charge on any atom is 0.244 e. The van der Waals surface area contributed by atoms with Gasteiger partial charge in [-0.2, -0.15) is 15.4 Å². The van der Waals surface area contributed by atoms with Crippen molar-refractivity contribution in [2.24, 2.45) is 10.5 Å². The number of fused-ring (bicyclic) bond motifs is 1. The number of carbonyl (C=O) groups is 1. The molecule has 2 fully saturated rings.